The molecule has 1 amide bonds. The smallest absolute Gasteiger partial charge is 0.302 e. The van der Waals surface area contributed by atoms with Gasteiger partial charge in [0.1, 0.15) is 0 Å². The summed E-state index contributed by atoms with van der Waals surface area (Å²) >= 11 is 0. The summed E-state index contributed by atoms with van der Waals surface area (Å²) in [5.41, 5.74) is 5.34. The highest BCUT2D eigenvalue weighted by Crippen LogP contribution is 1.93. The molecule has 0 fully saturated rings. The van der Waals surface area contributed by atoms with Gasteiger partial charge in [0.25, 0.3) is 5.91 Å². The zero-order chi connectivity index (χ0) is 14.0. The summed E-state index contributed by atoms with van der Waals surface area (Å²) in [5.74, 6) is -1.00. The Labute approximate surface area is 105 Å². The molecular formula is C11H16N4O3. The Kier molecular flexibility index (Phi) is 7.51. The van der Waals surface area contributed by atoms with Crippen LogP contribution in [0.4, 0.5) is 0 Å². The van der Waals surface area contributed by atoms with Gasteiger partial charge in [0, 0.05) is 19.3 Å². The van der Waals surface area contributed by atoms with Crippen molar-refractivity contribution in [3.05, 3.63) is 30.1 Å². The molecule has 0 saturated heterocycles. The van der Waals surface area contributed by atoms with Crippen molar-refractivity contribution < 1.29 is 14.3 Å². The monoisotopic (exact) mass is 252 g/mol. The number of guanidine groups is 1. The first-order valence-electron chi connectivity index (χ1n) is 5.16. The molecule has 98 valence electrons. The maximum absolute atomic E-state index is 11.1. The Bertz CT molecular complexity index is 406. The molecule has 0 saturated carbocycles. The number of aromatic nitrogens is 1. The highest BCUT2D eigenvalue weighted by atomic mass is 16.5. The summed E-state index contributed by atoms with van der Waals surface area (Å²) in [6.45, 7) is 3.65. The molecule has 0 aliphatic heterocycles. The molecule has 0 unspecified atom stereocenters. The minimum atomic E-state index is -0.421. The van der Waals surface area contributed by atoms with E-state index in [4.69, 9.17) is 11.1 Å². The standard InChI is InChI=1S/C7H8N4O.C4H8O2/c8-7(9)11-6(12)5-2-1-3-10-4-5;1-3-6-4(2)5/h1-4H,(H4,8,9,11,12);3H2,1-2H3. The van der Waals surface area contributed by atoms with Gasteiger partial charge in [-0.3, -0.25) is 25.3 Å². The highest BCUT2D eigenvalue weighted by Gasteiger charge is 2.04. The third kappa shape index (κ3) is 7.80. The molecule has 0 radical (unpaired) electrons. The van der Waals surface area contributed by atoms with Gasteiger partial charge in [-0.05, 0) is 19.1 Å². The van der Waals surface area contributed by atoms with Crippen LogP contribution in [0.1, 0.15) is 24.2 Å². The molecule has 0 bridgehead atoms. The number of esters is 1. The molecule has 7 nitrogen and oxygen atoms in total. The van der Waals surface area contributed by atoms with Gasteiger partial charge in [-0.2, -0.15) is 0 Å². The van der Waals surface area contributed by atoms with Crippen LogP contribution in [0.2, 0.25) is 0 Å². The number of rotatable bonds is 2. The lowest BCUT2D eigenvalue weighted by atomic mass is 10.3. The number of nitrogens with one attached hydrogen (secondary N) is 2. The molecule has 7 heteroatoms. The molecule has 0 aliphatic carbocycles. The quantitative estimate of drug-likeness (QED) is 0.396. The number of carbonyl (C=O) groups is 2. The Balaban J connectivity index is 0.000000411. The van der Waals surface area contributed by atoms with Crippen molar-refractivity contribution in [2.75, 3.05) is 6.61 Å². The molecule has 1 heterocycles. The summed E-state index contributed by atoms with van der Waals surface area (Å²) in [5, 5.41) is 8.94. The number of hydrogen-bond donors (Lipinski definition) is 3. The molecule has 4 N–H and O–H groups in total. The van der Waals surface area contributed by atoms with Gasteiger partial charge >= 0.3 is 5.97 Å². The van der Waals surface area contributed by atoms with E-state index in [0.717, 1.165) is 0 Å². The van der Waals surface area contributed by atoms with Crippen LogP contribution in [0.5, 0.6) is 0 Å². The van der Waals surface area contributed by atoms with E-state index in [-0.39, 0.29) is 11.9 Å². The Morgan fingerprint density at radius 3 is 2.56 bits per heavy atom. The Morgan fingerprint density at radius 1 is 1.56 bits per heavy atom. The summed E-state index contributed by atoms with van der Waals surface area (Å²) in [6, 6.07) is 3.22. The van der Waals surface area contributed by atoms with E-state index in [0.29, 0.717) is 12.2 Å². The molecule has 1 aromatic heterocycles. The normalized spacial score (nSPS) is 8.56. The zero-order valence-corrected chi connectivity index (χ0v) is 10.3. The van der Waals surface area contributed by atoms with Gasteiger partial charge in [0.2, 0.25) is 0 Å². The fourth-order valence-corrected chi connectivity index (χ4v) is 0.895. The second-order valence-electron chi connectivity index (χ2n) is 3.03. The number of nitrogens with zero attached hydrogens (tertiary/aromatic N) is 1. The second kappa shape index (κ2) is 8.68. The van der Waals surface area contributed by atoms with Gasteiger partial charge in [0.05, 0.1) is 12.2 Å². The lowest BCUT2D eigenvalue weighted by molar-refractivity contribution is -0.140. The van der Waals surface area contributed by atoms with Crippen molar-refractivity contribution >= 4 is 17.8 Å². The summed E-state index contributed by atoms with van der Waals surface area (Å²) in [7, 11) is 0. The lowest BCUT2D eigenvalue weighted by Crippen LogP contribution is -2.35. The minimum absolute atomic E-state index is 0.211. The molecule has 0 spiro atoms. The van der Waals surface area contributed by atoms with E-state index in [1.165, 1.54) is 13.1 Å². The topological polar surface area (TPSA) is 118 Å². The van der Waals surface area contributed by atoms with E-state index in [1.54, 1.807) is 25.3 Å². The van der Waals surface area contributed by atoms with Gasteiger partial charge < -0.3 is 10.5 Å². The first-order valence-corrected chi connectivity index (χ1v) is 5.16. The minimum Gasteiger partial charge on any atom is -0.466 e. The number of amides is 1. The maximum atomic E-state index is 11.1. The summed E-state index contributed by atoms with van der Waals surface area (Å²) in [6.07, 6.45) is 2.96. The predicted molar refractivity (Wildman–Crippen MR) is 65.9 cm³/mol. The fourth-order valence-electron chi connectivity index (χ4n) is 0.895. The molecule has 0 aliphatic rings. The Morgan fingerprint density at radius 2 is 2.22 bits per heavy atom. The van der Waals surface area contributed by atoms with Crippen molar-refractivity contribution in [1.82, 2.24) is 10.3 Å². The average molecular weight is 252 g/mol. The molecule has 0 atom stereocenters. The first kappa shape index (κ1) is 15.6. The van der Waals surface area contributed by atoms with E-state index in [2.05, 4.69) is 15.0 Å². The number of nitrogens with two attached hydrogens (primary N) is 1. The lowest BCUT2D eigenvalue weighted by Gasteiger charge is -2.00. The summed E-state index contributed by atoms with van der Waals surface area (Å²) in [4.78, 5) is 24.6. The Hall–Kier alpha value is -2.44. The van der Waals surface area contributed by atoms with Gasteiger partial charge in [-0.1, -0.05) is 0 Å². The molecular weight excluding hydrogens is 236 g/mol. The third-order valence-electron chi connectivity index (χ3n) is 1.52. The number of pyridine rings is 1. The molecule has 1 aromatic rings. The van der Waals surface area contributed by atoms with Crippen LogP contribution in [0.15, 0.2) is 24.5 Å². The molecule has 18 heavy (non-hydrogen) atoms. The average Bonchev–Trinajstić information content (AvgIpc) is 2.30. The van der Waals surface area contributed by atoms with E-state index >= 15 is 0 Å². The van der Waals surface area contributed by atoms with E-state index in [9.17, 15) is 9.59 Å². The molecule has 1 rings (SSSR count). The predicted octanol–water partition coefficient (Wildman–Crippen LogP) is 0.274. The van der Waals surface area contributed by atoms with Crippen molar-refractivity contribution in [3.63, 3.8) is 0 Å². The van der Waals surface area contributed by atoms with Gasteiger partial charge in [-0.15, -0.1) is 0 Å². The maximum Gasteiger partial charge on any atom is 0.302 e. The SMILES string of the molecule is CCOC(C)=O.N=C(N)NC(=O)c1cccnc1. The number of ether oxygens (including phenoxy) is 1. The van der Waals surface area contributed by atoms with Gasteiger partial charge in [0.15, 0.2) is 5.96 Å². The van der Waals surface area contributed by atoms with Crippen LogP contribution >= 0.6 is 0 Å². The number of hydrogen-bond acceptors (Lipinski definition) is 5. The highest BCUT2D eigenvalue weighted by molar-refractivity contribution is 6.04. The largest absolute Gasteiger partial charge is 0.466 e. The van der Waals surface area contributed by atoms with Crippen molar-refractivity contribution in [1.29, 1.82) is 5.41 Å². The third-order valence-corrected chi connectivity index (χ3v) is 1.52. The van der Waals surface area contributed by atoms with Crippen LogP contribution in [-0.2, 0) is 9.53 Å². The van der Waals surface area contributed by atoms with Crippen molar-refractivity contribution in [3.8, 4) is 0 Å². The van der Waals surface area contributed by atoms with Gasteiger partial charge in [-0.25, -0.2) is 0 Å². The summed E-state index contributed by atoms with van der Waals surface area (Å²) < 4.78 is 4.40. The fraction of sp³-hybridized carbons (Fsp3) is 0.273. The molecule has 0 aromatic carbocycles. The van der Waals surface area contributed by atoms with E-state index < -0.39 is 5.91 Å². The van der Waals surface area contributed by atoms with Crippen molar-refractivity contribution in [2.45, 2.75) is 13.8 Å². The second-order valence-corrected chi connectivity index (χ2v) is 3.03. The zero-order valence-electron chi connectivity index (χ0n) is 10.3. The van der Waals surface area contributed by atoms with Crippen LogP contribution < -0.4 is 11.1 Å². The van der Waals surface area contributed by atoms with Crippen LogP contribution in [-0.4, -0.2) is 29.4 Å². The van der Waals surface area contributed by atoms with Crippen molar-refractivity contribution in [2.24, 2.45) is 5.73 Å². The first-order chi connectivity index (χ1) is 8.47. The van der Waals surface area contributed by atoms with E-state index in [1.807, 2.05) is 0 Å². The van der Waals surface area contributed by atoms with Crippen LogP contribution in [0.3, 0.4) is 0 Å². The van der Waals surface area contributed by atoms with Crippen LogP contribution in [0.25, 0.3) is 0 Å². The van der Waals surface area contributed by atoms with Crippen LogP contribution in [0, 0.1) is 5.41 Å². The number of carbonyl (C=O) groups excluding carboxylic acids is 2.